The summed E-state index contributed by atoms with van der Waals surface area (Å²) >= 11 is 0. The van der Waals surface area contributed by atoms with Gasteiger partial charge in [0, 0.05) is 26.2 Å². The smallest absolute Gasteiger partial charge is 0.337 e. The van der Waals surface area contributed by atoms with Crippen LogP contribution in [0.3, 0.4) is 0 Å². The number of aliphatic hydroxyl groups excluding tert-OH is 1. The second-order valence-corrected chi connectivity index (χ2v) is 2.15. The molecule has 1 aromatic rings. The van der Waals surface area contributed by atoms with E-state index in [1.54, 1.807) is 30.3 Å². The van der Waals surface area contributed by atoms with Crippen molar-refractivity contribution < 1.29 is 41.2 Å². The normalized spacial score (nSPS) is 10.5. The molecule has 0 radical (unpaired) electrons. The first-order valence-electron chi connectivity index (χ1n) is 3.17. The largest absolute Gasteiger partial charge is 0.479 e. The molecular formula is C8H11NO3Zr. The van der Waals surface area contributed by atoms with Gasteiger partial charge in [-0.25, -0.2) is 4.79 Å². The minimum absolute atomic E-state index is 0. The van der Waals surface area contributed by atoms with Crippen molar-refractivity contribution in [1.29, 1.82) is 0 Å². The topological polar surface area (TPSA) is 92.5 Å². The number of hydrogen-bond donors (Lipinski definition) is 3. The van der Waals surface area contributed by atoms with Crippen molar-refractivity contribution in [2.75, 3.05) is 0 Å². The van der Waals surface area contributed by atoms with Gasteiger partial charge in [-0.15, -0.1) is 0 Å². The molecule has 1 aromatic carbocycles. The van der Waals surface area contributed by atoms with Crippen LogP contribution in [0.25, 0.3) is 0 Å². The van der Waals surface area contributed by atoms with Crippen molar-refractivity contribution >= 4 is 5.97 Å². The molecule has 0 unspecified atom stereocenters. The summed E-state index contributed by atoms with van der Waals surface area (Å²) in [4.78, 5) is 10.2. The Kier molecular flexibility index (Phi) is 8.01. The molecule has 0 aliphatic rings. The van der Waals surface area contributed by atoms with Gasteiger partial charge in [0.05, 0.1) is 0 Å². The number of carbonyl (C=O) groups is 1. The molecule has 70 valence electrons. The van der Waals surface area contributed by atoms with Crippen LogP contribution in [-0.4, -0.2) is 16.2 Å². The summed E-state index contributed by atoms with van der Waals surface area (Å²) in [6.07, 6.45) is -1.41. The van der Waals surface area contributed by atoms with Crippen LogP contribution in [0.4, 0.5) is 0 Å². The zero-order valence-corrected chi connectivity index (χ0v) is 9.43. The minimum atomic E-state index is -1.41. The molecule has 1 rings (SSSR count). The van der Waals surface area contributed by atoms with Crippen LogP contribution in [0, 0.1) is 0 Å². The molecule has 5 heteroatoms. The fourth-order valence-corrected chi connectivity index (χ4v) is 0.778. The molecule has 0 fully saturated rings. The number of rotatable bonds is 2. The predicted octanol–water partition coefficient (Wildman–Crippen LogP) is 0.964. The van der Waals surface area contributed by atoms with E-state index in [1.165, 1.54) is 0 Å². The summed E-state index contributed by atoms with van der Waals surface area (Å²) in [6, 6.07) is 8.26. The molecule has 5 N–H and O–H groups in total. The molecule has 0 bridgehead atoms. The molecule has 0 aromatic heterocycles. The van der Waals surface area contributed by atoms with Gasteiger partial charge in [0.2, 0.25) is 0 Å². The third-order valence-corrected chi connectivity index (χ3v) is 1.35. The van der Waals surface area contributed by atoms with Crippen LogP contribution in [-0.2, 0) is 31.0 Å². The molecule has 0 amide bonds. The Morgan fingerprint density at radius 3 is 2.08 bits per heavy atom. The van der Waals surface area contributed by atoms with Gasteiger partial charge in [-0.2, -0.15) is 0 Å². The van der Waals surface area contributed by atoms with Gasteiger partial charge in [-0.1, -0.05) is 30.3 Å². The third-order valence-electron chi connectivity index (χ3n) is 1.35. The minimum Gasteiger partial charge on any atom is -0.479 e. The van der Waals surface area contributed by atoms with E-state index in [-0.39, 0.29) is 32.4 Å². The van der Waals surface area contributed by atoms with Crippen LogP contribution in [0.2, 0.25) is 0 Å². The summed E-state index contributed by atoms with van der Waals surface area (Å²) in [7, 11) is 0. The predicted molar refractivity (Wildman–Crippen MR) is 44.1 cm³/mol. The molecular weight excluding hydrogens is 249 g/mol. The Morgan fingerprint density at radius 2 is 1.69 bits per heavy atom. The van der Waals surface area contributed by atoms with Gasteiger partial charge >= 0.3 is 5.97 Å². The summed E-state index contributed by atoms with van der Waals surface area (Å²) in [5.41, 5.74) is 0.403. The van der Waals surface area contributed by atoms with E-state index in [0.717, 1.165) is 0 Å². The number of benzene rings is 1. The zero-order chi connectivity index (χ0) is 8.27. The average molecular weight is 260 g/mol. The molecule has 0 spiro atoms. The van der Waals surface area contributed by atoms with Crippen molar-refractivity contribution in [3.05, 3.63) is 35.9 Å². The van der Waals surface area contributed by atoms with Crippen molar-refractivity contribution in [3.8, 4) is 0 Å². The molecule has 1 atom stereocenters. The molecule has 0 heterocycles. The van der Waals surface area contributed by atoms with E-state index >= 15 is 0 Å². The number of carboxylic acid groups (broad SMARTS) is 1. The quantitative estimate of drug-likeness (QED) is 0.738. The summed E-state index contributed by atoms with van der Waals surface area (Å²) in [5.74, 6) is -1.23. The Labute approximate surface area is 95.3 Å². The van der Waals surface area contributed by atoms with Crippen LogP contribution in [0.1, 0.15) is 11.7 Å². The van der Waals surface area contributed by atoms with Gasteiger partial charge < -0.3 is 16.4 Å². The zero-order valence-electron chi connectivity index (χ0n) is 6.97. The number of aliphatic carboxylic acids is 1. The van der Waals surface area contributed by atoms with Gasteiger partial charge in [0.25, 0.3) is 0 Å². The van der Waals surface area contributed by atoms with Crippen molar-refractivity contribution in [2.45, 2.75) is 6.10 Å². The third kappa shape index (κ3) is 4.31. The first-order valence-corrected chi connectivity index (χ1v) is 3.17. The number of hydrogen-bond acceptors (Lipinski definition) is 3. The Bertz CT molecular complexity index is 253. The first-order chi connectivity index (χ1) is 5.22. The maximum atomic E-state index is 10.2. The number of aliphatic hydroxyl groups is 1. The van der Waals surface area contributed by atoms with Crippen molar-refractivity contribution in [3.63, 3.8) is 0 Å². The Morgan fingerprint density at radius 1 is 1.23 bits per heavy atom. The van der Waals surface area contributed by atoms with E-state index in [2.05, 4.69) is 0 Å². The number of carboxylic acids is 1. The van der Waals surface area contributed by atoms with Crippen molar-refractivity contribution in [2.24, 2.45) is 0 Å². The molecule has 4 nitrogen and oxygen atoms in total. The second kappa shape index (κ2) is 6.95. The van der Waals surface area contributed by atoms with E-state index in [0.29, 0.717) is 5.56 Å². The first kappa shape index (κ1) is 15.0. The van der Waals surface area contributed by atoms with Gasteiger partial charge in [0.1, 0.15) is 0 Å². The van der Waals surface area contributed by atoms with Crippen LogP contribution < -0.4 is 6.15 Å². The molecule has 0 aliphatic carbocycles. The van der Waals surface area contributed by atoms with E-state index in [9.17, 15) is 4.79 Å². The summed E-state index contributed by atoms with van der Waals surface area (Å²) in [6.45, 7) is 0. The second-order valence-electron chi connectivity index (χ2n) is 2.15. The van der Waals surface area contributed by atoms with E-state index < -0.39 is 12.1 Å². The van der Waals surface area contributed by atoms with E-state index in [4.69, 9.17) is 10.2 Å². The van der Waals surface area contributed by atoms with Crippen LogP contribution in [0.15, 0.2) is 30.3 Å². The monoisotopic (exact) mass is 259 g/mol. The maximum Gasteiger partial charge on any atom is 0.337 e. The van der Waals surface area contributed by atoms with Gasteiger partial charge in [0.15, 0.2) is 6.10 Å². The van der Waals surface area contributed by atoms with Crippen molar-refractivity contribution in [1.82, 2.24) is 6.15 Å². The van der Waals surface area contributed by atoms with Gasteiger partial charge in [-0.05, 0) is 5.56 Å². The fourth-order valence-electron chi connectivity index (χ4n) is 0.778. The molecule has 0 saturated carbocycles. The molecule has 13 heavy (non-hydrogen) atoms. The Hall–Kier alpha value is -0.507. The maximum absolute atomic E-state index is 10.2. The SMILES string of the molecule is N.O=C(O)[C@H](O)c1ccccc1.[Zr]. The Balaban J connectivity index is 0. The van der Waals surface area contributed by atoms with Crippen LogP contribution >= 0.6 is 0 Å². The fraction of sp³-hybridized carbons (Fsp3) is 0.125. The molecule has 0 aliphatic heterocycles. The summed E-state index contributed by atoms with van der Waals surface area (Å²) < 4.78 is 0. The van der Waals surface area contributed by atoms with Gasteiger partial charge in [-0.3, -0.25) is 0 Å². The molecule has 0 saturated heterocycles. The summed E-state index contributed by atoms with van der Waals surface area (Å²) in [5, 5.41) is 17.4. The standard InChI is InChI=1S/C8H8O3.H3N.Zr/c9-7(8(10)11)6-4-2-1-3-5-6;;/h1-5,7,9H,(H,10,11);1H3;/t7-;;/m1../s1. The average Bonchev–Trinajstić information content (AvgIpc) is 2.05. The van der Waals surface area contributed by atoms with Crippen LogP contribution in [0.5, 0.6) is 0 Å². The van der Waals surface area contributed by atoms with E-state index in [1.807, 2.05) is 0 Å².